The zero-order valence-corrected chi connectivity index (χ0v) is 13.3. The van der Waals surface area contributed by atoms with Crippen molar-refractivity contribution in [2.45, 2.75) is 33.2 Å². The molecule has 0 saturated heterocycles. The lowest BCUT2D eigenvalue weighted by atomic mass is 9.99. The first-order valence-corrected chi connectivity index (χ1v) is 7.30. The number of nitrogens with one attached hydrogen (secondary N) is 1. The van der Waals surface area contributed by atoms with Gasteiger partial charge in [-0.1, -0.05) is 26.3 Å². The predicted molar refractivity (Wildman–Crippen MR) is 82.7 cm³/mol. The molecule has 1 amide bonds. The van der Waals surface area contributed by atoms with Crippen molar-refractivity contribution in [2.24, 2.45) is 5.92 Å². The summed E-state index contributed by atoms with van der Waals surface area (Å²) in [4.78, 5) is 28.5. The Balaban J connectivity index is 2.22. The number of hydrogen-bond donors (Lipinski definition) is 1. The molecule has 0 radical (unpaired) electrons. The summed E-state index contributed by atoms with van der Waals surface area (Å²) in [5.41, 5.74) is 2.04. The monoisotopic (exact) mass is 303 g/mol. The highest BCUT2D eigenvalue weighted by molar-refractivity contribution is 5.95. The van der Waals surface area contributed by atoms with E-state index < -0.39 is 12.0 Å². The van der Waals surface area contributed by atoms with Gasteiger partial charge in [0.05, 0.1) is 7.11 Å². The first-order chi connectivity index (χ1) is 10.5. The zero-order chi connectivity index (χ0) is 16.3. The number of amides is 1. The molecule has 0 fully saturated rings. The summed E-state index contributed by atoms with van der Waals surface area (Å²) in [6.45, 7) is 5.82. The third-order valence-corrected chi connectivity index (χ3v) is 3.79. The molecule has 6 nitrogen and oxygen atoms in total. The maximum Gasteiger partial charge on any atom is 0.328 e. The lowest BCUT2D eigenvalue weighted by Gasteiger charge is -2.21. The molecule has 2 aromatic rings. The van der Waals surface area contributed by atoms with Crippen molar-refractivity contribution in [1.29, 1.82) is 0 Å². The third-order valence-electron chi connectivity index (χ3n) is 3.79. The Morgan fingerprint density at radius 1 is 1.36 bits per heavy atom. The van der Waals surface area contributed by atoms with Crippen LogP contribution in [0.3, 0.4) is 0 Å². The van der Waals surface area contributed by atoms with Crippen molar-refractivity contribution in [3.05, 3.63) is 35.8 Å². The summed E-state index contributed by atoms with van der Waals surface area (Å²) in [7, 11) is 1.32. The number of carbonyl (C=O) groups excluding carboxylic acids is 2. The molecule has 2 heterocycles. The maximum atomic E-state index is 12.4. The molecule has 0 aliphatic heterocycles. The van der Waals surface area contributed by atoms with Gasteiger partial charge in [0.2, 0.25) is 0 Å². The normalized spacial score (nSPS) is 13.6. The van der Waals surface area contributed by atoms with Gasteiger partial charge < -0.3 is 14.5 Å². The number of methoxy groups -OCH3 is 1. The van der Waals surface area contributed by atoms with Crippen molar-refractivity contribution < 1.29 is 14.3 Å². The van der Waals surface area contributed by atoms with E-state index in [1.807, 2.05) is 39.1 Å². The van der Waals surface area contributed by atoms with E-state index in [2.05, 4.69) is 10.3 Å². The molecule has 0 saturated carbocycles. The van der Waals surface area contributed by atoms with Gasteiger partial charge in [-0.2, -0.15) is 0 Å². The minimum atomic E-state index is -0.672. The van der Waals surface area contributed by atoms with Crippen LogP contribution in [0.15, 0.2) is 24.5 Å². The SMILES string of the molecule is CCC(C)C(NC(=O)c1cn2cc(C)ccc2n1)C(=O)OC. The summed E-state index contributed by atoms with van der Waals surface area (Å²) >= 11 is 0. The van der Waals surface area contributed by atoms with E-state index in [1.54, 1.807) is 10.6 Å². The number of esters is 1. The van der Waals surface area contributed by atoms with Gasteiger partial charge in [-0.15, -0.1) is 0 Å². The Bertz CT molecular complexity index is 693. The number of rotatable bonds is 5. The Morgan fingerprint density at radius 3 is 2.73 bits per heavy atom. The molecule has 0 aromatic carbocycles. The highest BCUT2D eigenvalue weighted by Crippen LogP contribution is 2.12. The maximum absolute atomic E-state index is 12.4. The average molecular weight is 303 g/mol. The first kappa shape index (κ1) is 16.0. The van der Waals surface area contributed by atoms with Crippen molar-refractivity contribution in [3.8, 4) is 0 Å². The van der Waals surface area contributed by atoms with Gasteiger partial charge in [0, 0.05) is 12.4 Å². The molecule has 0 spiro atoms. The fourth-order valence-electron chi connectivity index (χ4n) is 2.22. The molecular formula is C16H21N3O3. The minimum Gasteiger partial charge on any atom is -0.467 e. The second-order valence-corrected chi connectivity index (χ2v) is 5.46. The van der Waals surface area contributed by atoms with Crippen LogP contribution in [0.1, 0.15) is 36.3 Å². The summed E-state index contributed by atoms with van der Waals surface area (Å²) in [6.07, 6.45) is 4.30. The van der Waals surface area contributed by atoms with Crippen LogP contribution < -0.4 is 5.32 Å². The highest BCUT2D eigenvalue weighted by atomic mass is 16.5. The second kappa shape index (κ2) is 6.60. The van der Waals surface area contributed by atoms with Gasteiger partial charge >= 0.3 is 5.97 Å². The molecular weight excluding hydrogens is 282 g/mol. The number of carbonyl (C=O) groups is 2. The first-order valence-electron chi connectivity index (χ1n) is 7.30. The number of nitrogens with zero attached hydrogens (tertiary/aromatic N) is 2. The molecule has 0 aliphatic rings. The molecule has 2 unspecified atom stereocenters. The number of aromatic nitrogens is 2. The predicted octanol–water partition coefficient (Wildman–Crippen LogP) is 1.96. The van der Waals surface area contributed by atoms with E-state index in [1.165, 1.54) is 7.11 Å². The lowest BCUT2D eigenvalue weighted by molar-refractivity contribution is -0.144. The number of pyridine rings is 1. The van der Waals surface area contributed by atoms with Crippen molar-refractivity contribution in [2.75, 3.05) is 7.11 Å². The molecule has 6 heteroatoms. The van der Waals surface area contributed by atoms with E-state index in [9.17, 15) is 9.59 Å². The molecule has 2 atom stereocenters. The molecule has 2 aromatic heterocycles. The Hall–Kier alpha value is -2.37. The van der Waals surface area contributed by atoms with E-state index in [0.717, 1.165) is 12.0 Å². The van der Waals surface area contributed by atoms with Crippen LogP contribution in [0.2, 0.25) is 0 Å². The summed E-state index contributed by atoms with van der Waals surface area (Å²) in [5, 5.41) is 2.72. The Labute approximate surface area is 129 Å². The van der Waals surface area contributed by atoms with Gasteiger partial charge in [-0.25, -0.2) is 9.78 Å². The Morgan fingerprint density at radius 2 is 2.09 bits per heavy atom. The van der Waals surface area contributed by atoms with Crippen LogP contribution in [0.5, 0.6) is 0 Å². The molecule has 1 N–H and O–H groups in total. The van der Waals surface area contributed by atoms with Crippen LogP contribution in [-0.4, -0.2) is 34.4 Å². The van der Waals surface area contributed by atoms with Crippen molar-refractivity contribution in [3.63, 3.8) is 0 Å². The fraction of sp³-hybridized carbons (Fsp3) is 0.438. The van der Waals surface area contributed by atoms with Gasteiger partial charge in [0.15, 0.2) is 0 Å². The third kappa shape index (κ3) is 3.27. The van der Waals surface area contributed by atoms with Gasteiger partial charge in [0.25, 0.3) is 5.91 Å². The average Bonchev–Trinajstić information content (AvgIpc) is 2.93. The Kier molecular flexibility index (Phi) is 4.80. The van der Waals surface area contributed by atoms with Crippen molar-refractivity contribution >= 4 is 17.5 Å². The molecule has 2 rings (SSSR count). The topological polar surface area (TPSA) is 72.7 Å². The molecule has 0 aliphatic carbocycles. The fourth-order valence-corrected chi connectivity index (χ4v) is 2.22. The number of imidazole rings is 1. The van der Waals surface area contributed by atoms with E-state index >= 15 is 0 Å². The van der Waals surface area contributed by atoms with Crippen LogP contribution in [0.4, 0.5) is 0 Å². The van der Waals surface area contributed by atoms with Gasteiger partial charge in [-0.05, 0) is 24.5 Å². The number of ether oxygens (including phenoxy) is 1. The van der Waals surface area contributed by atoms with Crippen LogP contribution in [0, 0.1) is 12.8 Å². The van der Waals surface area contributed by atoms with Crippen LogP contribution in [0.25, 0.3) is 5.65 Å². The van der Waals surface area contributed by atoms with E-state index in [0.29, 0.717) is 5.65 Å². The molecule has 118 valence electrons. The van der Waals surface area contributed by atoms with Crippen molar-refractivity contribution in [1.82, 2.24) is 14.7 Å². The van der Waals surface area contributed by atoms with Gasteiger partial charge in [-0.3, -0.25) is 4.79 Å². The number of fused-ring (bicyclic) bond motifs is 1. The van der Waals surface area contributed by atoms with E-state index in [4.69, 9.17) is 4.74 Å². The van der Waals surface area contributed by atoms with Crippen LogP contribution >= 0.6 is 0 Å². The largest absolute Gasteiger partial charge is 0.467 e. The van der Waals surface area contributed by atoms with E-state index in [-0.39, 0.29) is 17.5 Å². The summed E-state index contributed by atoms with van der Waals surface area (Å²) in [6, 6.07) is 3.10. The zero-order valence-electron chi connectivity index (χ0n) is 13.3. The summed E-state index contributed by atoms with van der Waals surface area (Å²) in [5.74, 6) is -0.838. The minimum absolute atomic E-state index is 0.0179. The number of aryl methyl sites for hydroxylation is 1. The standard InChI is InChI=1S/C16H21N3O3/c1-5-11(3)14(16(21)22-4)18-15(20)12-9-19-8-10(2)6-7-13(19)17-12/h6-9,11,14H,5H2,1-4H3,(H,18,20). The van der Waals surface area contributed by atoms with Gasteiger partial charge in [0.1, 0.15) is 17.4 Å². The second-order valence-electron chi connectivity index (χ2n) is 5.46. The highest BCUT2D eigenvalue weighted by Gasteiger charge is 2.27. The molecule has 0 bridgehead atoms. The lowest BCUT2D eigenvalue weighted by Crippen LogP contribution is -2.45. The quantitative estimate of drug-likeness (QED) is 0.857. The van der Waals surface area contributed by atoms with Crippen LogP contribution in [-0.2, 0) is 9.53 Å². The summed E-state index contributed by atoms with van der Waals surface area (Å²) < 4.78 is 6.56. The number of hydrogen-bond acceptors (Lipinski definition) is 4. The smallest absolute Gasteiger partial charge is 0.328 e. The molecule has 22 heavy (non-hydrogen) atoms.